The Hall–Kier alpha value is -3.40. The Labute approximate surface area is 145 Å². The summed E-state index contributed by atoms with van der Waals surface area (Å²) in [4.78, 5) is 17.0. The minimum absolute atomic E-state index is 0.120. The quantitative estimate of drug-likeness (QED) is 0.602. The molecule has 0 fully saturated rings. The third-order valence-corrected chi connectivity index (χ3v) is 4.21. The summed E-state index contributed by atoms with van der Waals surface area (Å²) in [5.74, 6) is 0.785. The maximum absolute atomic E-state index is 12.3. The Morgan fingerprint density at radius 3 is 2.32 bits per heavy atom. The molecule has 0 unspecified atom stereocenters. The molecule has 122 valence electrons. The van der Waals surface area contributed by atoms with E-state index >= 15 is 0 Å². The first-order chi connectivity index (χ1) is 12.2. The smallest absolute Gasteiger partial charge is 0.255 e. The Balaban J connectivity index is 1.69. The molecule has 0 spiro atoms. The van der Waals surface area contributed by atoms with Gasteiger partial charge in [-0.3, -0.25) is 4.79 Å². The van der Waals surface area contributed by atoms with Crippen LogP contribution in [0.5, 0.6) is 0 Å². The summed E-state index contributed by atoms with van der Waals surface area (Å²) in [6.45, 7) is 0. The average Bonchev–Trinajstić information content (AvgIpc) is 2.99. The highest BCUT2D eigenvalue weighted by Crippen LogP contribution is 2.25. The molecule has 4 aromatic rings. The number of rotatable bonds is 3. The number of hydrogen-bond acceptors (Lipinski definition) is 2. The summed E-state index contributed by atoms with van der Waals surface area (Å²) in [6, 6.07) is 25.0. The fourth-order valence-corrected chi connectivity index (χ4v) is 2.91. The van der Waals surface area contributed by atoms with E-state index in [0.29, 0.717) is 5.56 Å². The van der Waals surface area contributed by atoms with Gasteiger partial charge in [-0.05, 0) is 30.3 Å². The van der Waals surface area contributed by atoms with Gasteiger partial charge in [-0.2, -0.15) is 0 Å². The van der Waals surface area contributed by atoms with Crippen LogP contribution >= 0.6 is 0 Å². The number of hydrogen-bond donors (Lipinski definition) is 1. The summed E-state index contributed by atoms with van der Waals surface area (Å²) in [5.41, 5.74) is 4.33. The zero-order valence-electron chi connectivity index (χ0n) is 13.8. The molecule has 0 atom stereocenters. The van der Waals surface area contributed by atoms with Gasteiger partial charge >= 0.3 is 0 Å². The van der Waals surface area contributed by atoms with Gasteiger partial charge in [0.2, 0.25) is 0 Å². The average molecular weight is 327 g/mol. The normalized spacial score (nSPS) is 10.8. The predicted molar refractivity (Wildman–Crippen MR) is 101 cm³/mol. The number of imidazole rings is 1. The van der Waals surface area contributed by atoms with Gasteiger partial charge in [0.1, 0.15) is 5.82 Å². The lowest BCUT2D eigenvalue weighted by Gasteiger charge is -2.06. The molecule has 1 heterocycles. The molecule has 0 bridgehead atoms. The van der Waals surface area contributed by atoms with E-state index in [4.69, 9.17) is 4.98 Å². The lowest BCUT2D eigenvalue weighted by atomic mass is 10.2. The molecular weight excluding hydrogens is 310 g/mol. The van der Waals surface area contributed by atoms with E-state index in [1.165, 1.54) is 0 Å². The lowest BCUT2D eigenvalue weighted by Crippen LogP contribution is -2.11. The number of benzene rings is 3. The first kappa shape index (κ1) is 15.1. The molecule has 0 aliphatic rings. The van der Waals surface area contributed by atoms with Gasteiger partial charge < -0.3 is 9.88 Å². The number of fused-ring (bicyclic) bond motifs is 1. The Morgan fingerprint density at radius 2 is 1.60 bits per heavy atom. The number of nitrogens with zero attached hydrogens (tertiary/aromatic N) is 2. The van der Waals surface area contributed by atoms with Crippen LogP contribution in [0.15, 0.2) is 78.9 Å². The van der Waals surface area contributed by atoms with Gasteiger partial charge in [-0.1, -0.05) is 48.5 Å². The minimum atomic E-state index is -0.120. The molecule has 4 nitrogen and oxygen atoms in total. The molecule has 0 aliphatic heterocycles. The second-order valence-corrected chi connectivity index (χ2v) is 5.88. The van der Waals surface area contributed by atoms with Crippen molar-refractivity contribution < 1.29 is 4.79 Å². The molecule has 0 radical (unpaired) electrons. The minimum Gasteiger partial charge on any atom is -0.327 e. The maximum Gasteiger partial charge on any atom is 0.255 e. The molecule has 4 rings (SSSR count). The summed E-state index contributed by atoms with van der Waals surface area (Å²) in [5, 5.41) is 2.95. The zero-order chi connectivity index (χ0) is 17.2. The molecular formula is C21H17N3O. The van der Waals surface area contributed by atoms with E-state index in [2.05, 4.69) is 5.32 Å². The second kappa shape index (κ2) is 6.24. The van der Waals surface area contributed by atoms with Gasteiger partial charge in [-0.15, -0.1) is 0 Å². The fraction of sp³-hybridized carbons (Fsp3) is 0.0476. The van der Waals surface area contributed by atoms with Crippen LogP contribution in [0, 0.1) is 0 Å². The predicted octanol–water partition coefficient (Wildman–Crippen LogP) is 4.49. The summed E-state index contributed by atoms with van der Waals surface area (Å²) in [6.07, 6.45) is 0. The highest BCUT2D eigenvalue weighted by Gasteiger charge is 2.11. The van der Waals surface area contributed by atoms with Crippen molar-refractivity contribution >= 4 is 22.6 Å². The SMILES string of the molecule is Cn1c(-c2ccccc2)nc2ccc(NC(=O)c3ccccc3)cc21. The molecule has 3 aromatic carbocycles. The van der Waals surface area contributed by atoms with Crippen molar-refractivity contribution in [2.75, 3.05) is 5.32 Å². The van der Waals surface area contributed by atoms with E-state index in [-0.39, 0.29) is 5.91 Å². The van der Waals surface area contributed by atoms with Crippen molar-refractivity contribution in [3.63, 3.8) is 0 Å². The van der Waals surface area contributed by atoms with Crippen molar-refractivity contribution in [3.8, 4) is 11.4 Å². The number of carbonyl (C=O) groups excluding carboxylic acids is 1. The number of aromatic nitrogens is 2. The molecule has 0 aliphatic carbocycles. The van der Waals surface area contributed by atoms with Crippen LogP contribution in [-0.2, 0) is 7.05 Å². The van der Waals surface area contributed by atoms with Crippen LogP contribution < -0.4 is 5.32 Å². The molecule has 25 heavy (non-hydrogen) atoms. The van der Waals surface area contributed by atoms with Crippen LogP contribution in [-0.4, -0.2) is 15.5 Å². The topological polar surface area (TPSA) is 46.9 Å². The number of carbonyl (C=O) groups is 1. The number of anilines is 1. The van der Waals surface area contributed by atoms with Crippen LogP contribution in [0.4, 0.5) is 5.69 Å². The largest absolute Gasteiger partial charge is 0.327 e. The Bertz CT molecular complexity index is 1040. The second-order valence-electron chi connectivity index (χ2n) is 5.88. The van der Waals surface area contributed by atoms with Crippen LogP contribution in [0.2, 0.25) is 0 Å². The van der Waals surface area contributed by atoms with Crippen molar-refractivity contribution in [1.29, 1.82) is 0 Å². The van der Waals surface area contributed by atoms with Crippen molar-refractivity contribution in [2.45, 2.75) is 0 Å². The fourth-order valence-electron chi connectivity index (χ4n) is 2.91. The third-order valence-electron chi connectivity index (χ3n) is 4.21. The molecule has 1 N–H and O–H groups in total. The maximum atomic E-state index is 12.3. The van der Waals surface area contributed by atoms with E-state index in [9.17, 15) is 4.79 Å². The molecule has 0 saturated heterocycles. The number of amides is 1. The van der Waals surface area contributed by atoms with Gasteiger partial charge in [-0.25, -0.2) is 4.98 Å². The molecule has 4 heteroatoms. The molecule has 0 saturated carbocycles. The van der Waals surface area contributed by atoms with Crippen molar-refractivity contribution in [2.24, 2.45) is 7.05 Å². The zero-order valence-corrected chi connectivity index (χ0v) is 13.8. The highest BCUT2D eigenvalue weighted by atomic mass is 16.1. The number of aryl methyl sites for hydroxylation is 1. The van der Waals surface area contributed by atoms with Gasteiger partial charge in [0.15, 0.2) is 0 Å². The Morgan fingerprint density at radius 1 is 0.920 bits per heavy atom. The third kappa shape index (κ3) is 2.90. The Kier molecular flexibility index (Phi) is 3.78. The first-order valence-electron chi connectivity index (χ1n) is 8.11. The van der Waals surface area contributed by atoms with Gasteiger partial charge in [0.05, 0.1) is 11.0 Å². The highest BCUT2D eigenvalue weighted by molar-refractivity contribution is 6.05. The molecule has 1 amide bonds. The van der Waals surface area contributed by atoms with Crippen LogP contribution in [0.25, 0.3) is 22.4 Å². The first-order valence-corrected chi connectivity index (χ1v) is 8.11. The monoisotopic (exact) mass is 327 g/mol. The van der Waals surface area contributed by atoms with Gasteiger partial charge in [0, 0.05) is 23.9 Å². The van der Waals surface area contributed by atoms with Crippen LogP contribution in [0.1, 0.15) is 10.4 Å². The van der Waals surface area contributed by atoms with E-state index in [1.807, 2.05) is 78.3 Å². The van der Waals surface area contributed by atoms with Crippen molar-refractivity contribution in [1.82, 2.24) is 9.55 Å². The molecule has 1 aromatic heterocycles. The van der Waals surface area contributed by atoms with E-state index in [1.54, 1.807) is 12.1 Å². The lowest BCUT2D eigenvalue weighted by molar-refractivity contribution is 0.102. The van der Waals surface area contributed by atoms with Crippen molar-refractivity contribution in [3.05, 3.63) is 84.4 Å². The number of nitrogens with one attached hydrogen (secondary N) is 1. The summed E-state index contributed by atoms with van der Waals surface area (Å²) >= 11 is 0. The van der Waals surface area contributed by atoms with E-state index < -0.39 is 0 Å². The standard InChI is InChI=1S/C21H17N3O/c1-24-19-14-17(22-21(25)16-10-6-3-7-11-16)12-13-18(19)23-20(24)15-8-4-2-5-9-15/h2-14H,1H3,(H,22,25). The summed E-state index contributed by atoms with van der Waals surface area (Å²) < 4.78 is 2.04. The van der Waals surface area contributed by atoms with E-state index in [0.717, 1.165) is 28.1 Å². The van der Waals surface area contributed by atoms with Crippen LogP contribution in [0.3, 0.4) is 0 Å². The summed E-state index contributed by atoms with van der Waals surface area (Å²) in [7, 11) is 1.99. The van der Waals surface area contributed by atoms with Gasteiger partial charge in [0.25, 0.3) is 5.91 Å².